The summed E-state index contributed by atoms with van der Waals surface area (Å²) in [5.41, 5.74) is 6.60. The zero-order valence-electron chi connectivity index (χ0n) is 11.7. The second-order valence-corrected chi connectivity index (χ2v) is 6.45. The largest absolute Gasteiger partial charge is 0.329 e. The van der Waals surface area contributed by atoms with Crippen molar-refractivity contribution in [3.63, 3.8) is 0 Å². The number of rotatable bonds is 3. The molecule has 21 heavy (non-hydrogen) atoms. The van der Waals surface area contributed by atoms with Crippen LogP contribution in [0.3, 0.4) is 0 Å². The molecule has 112 valence electrons. The van der Waals surface area contributed by atoms with E-state index in [0.717, 1.165) is 36.9 Å². The molecule has 2 aliphatic heterocycles. The fraction of sp³-hybridized carbons (Fsp3) is 0.467. The van der Waals surface area contributed by atoms with Gasteiger partial charge in [0.1, 0.15) is 0 Å². The van der Waals surface area contributed by atoms with Crippen LogP contribution in [0.25, 0.3) is 0 Å². The van der Waals surface area contributed by atoms with Gasteiger partial charge in [-0.15, -0.1) is 0 Å². The Morgan fingerprint density at radius 2 is 1.81 bits per heavy atom. The Morgan fingerprint density at radius 1 is 1.14 bits per heavy atom. The summed E-state index contributed by atoms with van der Waals surface area (Å²) in [4.78, 5) is 28.7. The first kappa shape index (κ1) is 14.7. The van der Waals surface area contributed by atoms with Crippen molar-refractivity contribution in [2.24, 2.45) is 5.73 Å². The second kappa shape index (κ2) is 5.87. The van der Waals surface area contributed by atoms with Crippen molar-refractivity contribution >= 4 is 27.7 Å². The number of carbonyl (C=O) groups excluding carboxylic acids is 2. The van der Waals surface area contributed by atoms with Gasteiger partial charge >= 0.3 is 0 Å². The summed E-state index contributed by atoms with van der Waals surface area (Å²) in [6, 6.07) is 5.27. The molecule has 2 amide bonds. The average molecular weight is 352 g/mol. The second-order valence-electron chi connectivity index (χ2n) is 5.53. The lowest BCUT2D eigenvalue weighted by atomic mass is 10.0. The van der Waals surface area contributed by atoms with Gasteiger partial charge in [0.15, 0.2) is 0 Å². The van der Waals surface area contributed by atoms with Gasteiger partial charge in [-0.25, -0.2) is 0 Å². The lowest BCUT2D eigenvalue weighted by Gasteiger charge is -2.35. The maximum Gasteiger partial charge on any atom is 0.261 e. The molecule has 3 rings (SSSR count). The van der Waals surface area contributed by atoms with E-state index in [1.807, 2.05) is 0 Å². The molecule has 0 aliphatic carbocycles. The molecule has 2 aliphatic rings. The fourth-order valence-corrected chi connectivity index (χ4v) is 3.51. The number of carbonyl (C=O) groups is 2. The zero-order chi connectivity index (χ0) is 15.0. The van der Waals surface area contributed by atoms with Gasteiger partial charge in [-0.3, -0.25) is 14.5 Å². The van der Waals surface area contributed by atoms with E-state index in [1.54, 1.807) is 18.2 Å². The number of benzene rings is 1. The number of nitrogens with two attached hydrogens (primary N) is 1. The molecular weight excluding hydrogens is 334 g/mol. The summed E-state index contributed by atoms with van der Waals surface area (Å²) in [6.07, 6.45) is 1.65. The van der Waals surface area contributed by atoms with E-state index < -0.39 is 0 Å². The smallest absolute Gasteiger partial charge is 0.261 e. The highest BCUT2D eigenvalue weighted by Gasteiger charge is 2.40. The van der Waals surface area contributed by atoms with E-state index >= 15 is 0 Å². The Hall–Kier alpha value is -1.24. The number of amides is 2. The van der Waals surface area contributed by atoms with E-state index in [9.17, 15) is 9.59 Å². The number of piperidine rings is 1. The van der Waals surface area contributed by atoms with Gasteiger partial charge in [0, 0.05) is 36.7 Å². The summed E-state index contributed by atoms with van der Waals surface area (Å²) in [7, 11) is 0. The van der Waals surface area contributed by atoms with E-state index in [0.29, 0.717) is 17.7 Å². The van der Waals surface area contributed by atoms with E-state index in [4.69, 9.17) is 5.73 Å². The van der Waals surface area contributed by atoms with Crippen LogP contribution in [0.4, 0.5) is 0 Å². The summed E-state index contributed by atoms with van der Waals surface area (Å²) in [5, 5.41) is 0. The first-order valence-corrected chi connectivity index (χ1v) is 8.01. The van der Waals surface area contributed by atoms with Gasteiger partial charge < -0.3 is 10.6 Å². The molecule has 2 N–H and O–H groups in total. The van der Waals surface area contributed by atoms with Gasteiger partial charge in [0.05, 0.1) is 11.1 Å². The summed E-state index contributed by atoms with van der Waals surface area (Å²) < 4.78 is 0.821. The number of halogens is 1. The molecule has 0 aromatic heterocycles. The van der Waals surface area contributed by atoms with E-state index in [-0.39, 0.29) is 17.9 Å². The first-order chi connectivity index (χ1) is 10.1. The minimum atomic E-state index is -0.159. The first-order valence-electron chi connectivity index (χ1n) is 7.21. The van der Waals surface area contributed by atoms with Gasteiger partial charge in [-0.05, 0) is 31.0 Å². The van der Waals surface area contributed by atoms with E-state index in [1.165, 1.54) is 4.90 Å². The number of imide groups is 1. The molecule has 1 aromatic carbocycles. The predicted octanol–water partition coefficient (Wildman–Crippen LogP) is 1.47. The normalized spacial score (nSPS) is 20.2. The lowest BCUT2D eigenvalue weighted by molar-refractivity contribution is 0.0504. The van der Waals surface area contributed by atoms with Crippen molar-refractivity contribution in [2.75, 3.05) is 26.2 Å². The molecular formula is C15H18BrN3O2. The number of hydrogen-bond acceptors (Lipinski definition) is 4. The van der Waals surface area contributed by atoms with Crippen LogP contribution in [0.2, 0.25) is 0 Å². The number of nitrogens with zero attached hydrogens (tertiary/aromatic N) is 2. The molecule has 1 fully saturated rings. The standard InChI is InChI=1S/C15H18BrN3O2/c16-10-1-2-12-13(9-10)15(21)19(14(12)20)11-3-6-18(7-4-11)8-5-17/h1-2,9,11H,3-8,17H2. The van der Waals surface area contributed by atoms with Crippen LogP contribution in [-0.4, -0.2) is 53.8 Å². The maximum atomic E-state index is 12.5. The Bertz CT molecular complexity index is 582. The molecule has 1 saturated heterocycles. The minimum Gasteiger partial charge on any atom is -0.329 e. The highest BCUT2D eigenvalue weighted by Crippen LogP contribution is 2.30. The van der Waals surface area contributed by atoms with Crippen molar-refractivity contribution in [3.8, 4) is 0 Å². The van der Waals surface area contributed by atoms with Gasteiger partial charge in [-0.2, -0.15) is 0 Å². The van der Waals surface area contributed by atoms with Gasteiger partial charge in [-0.1, -0.05) is 15.9 Å². The molecule has 0 unspecified atom stereocenters. The van der Waals surface area contributed by atoms with Crippen molar-refractivity contribution in [3.05, 3.63) is 33.8 Å². The molecule has 0 saturated carbocycles. The number of likely N-dealkylation sites (tertiary alicyclic amines) is 1. The highest BCUT2D eigenvalue weighted by atomic mass is 79.9. The maximum absolute atomic E-state index is 12.5. The molecule has 2 heterocycles. The monoisotopic (exact) mass is 351 g/mol. The van der Waals surface area contributed by atoms with Gasteiger partial charge in [0.25, 0.3) is 11.8 Å². The summed E-state index contributed by atoms with van der Waals surface area (Å²) in [6.45, 7) is 3.30. The summed E-state index contributed by atoms with van der Waals surface area (Å²) >= 11 is 3.35. The molecule has 0 bridgehead atoms. The highest BCUT2D eigenvalue weighted by molar-refractivity contribution is 9.10. The van der Waals surface area contributed by atoms with Crippen molar-refractivity contribution in [2.45, 2.75) is 18.9 Å². The van der Waals surface area contributed by atoms with E-state index in [2.05, 4.69) is 20.8 Å². The number of fused-ring (bicyclic) bond motifs is 1. The fourth-order valence-electron chi connectivity index (χ4n) is 3.15. The Morgan fingerprint density at radius 3 is 2.48 bits per heavy atom. The minimum absolute atomic E-state index is 0.00481. The Balaban J connectivity index is 1.77. The van der Waals surface area contributed by atoms with Crippen molar-refractivity contribution < 1.29 is 9.59 Å². The van der Waals surface area contributed by atoms with Crippen LogP contribution in [0.15, 0.2) is 22.7 Å². The van der Waals surface area contributed by atoms with Crippen LogP contribution in [-0.2, 0) is 0 Å². The molecule has 5 nitrogen and oxygen atoms in total. The van der Waals surface area contributed by atoms with Crippen molar-refractivity contribution in [1.29, 1.82) is 0 Å². The van der Waals surface area contributed by atoms with Crippen molar-refractivity contribution in [1.82, 2.24) is 9.80 Å². The molecule has 0 radical (unpaired) electrons. The third-order valence-corrected chi connectivity index (χ3v) is 4.74. The molecule has 0 spiro atoms. The Kier molecular flexibility index (Phi) is 4.10. The molecule has 6 heteroatoms. The average Bonchev–Trinajstić information content (AvgIpc) is 2.72. The SMILES string of the molecule is NCCN1CCC(N2C(=O)c3ccc(Br)cc3C2=O)CC1. The topological polar surface area (TPSA) is 66.6 Å². The van der Waals surface area contributed by atoms with Gasteiger partial charge in [0.2, 0.25) is 0 Å². The number of hydrogen-bond donors (Lipinski definition) is 1. The quantitative estimate of drug-likeness (QED) is 0.837. The Labute approximate surface area is 132 Å². The predicted molar refractivity (Wildman–Crippen MR) is 83.2 cm³/mol. The third-order valence-electron chi connectivity index (χ3n) is 4.25. The van der Waals surface area contributed by atoms with Crippen LogP contribution >= 0.6 is 15.9 Å². The van der Waals surface area contributed by atoms with Crippen LogP contribution in [0.5, 0.6) is 0 Å². The van der Waals surface area contributed by atoms with Crippen LogP contribution in [0.1, 0.15) is 33.6 Å². The van der Waals surface area contributed by atoms with Crippen LogP contribution < -0.4 is 5.73 Å². The third kappa shape index (κ3) is 2.63. The molecule has 1 aromatic rings. The zero-order valence-corrected chi connectivity index (χ0v) is 13.3. The summed E-state index contributed by atoms with van der Waals surface area (Å²) in [5.74, 6) is -0.312. The lowest BCUT2D eigenvalue weighted by Crippen LogP contribution is -2.48. The van der Waals surface area contributed by atoms with Crippen LogP contribution in [0, 0.1) is 0 Å². The molecule has 0 atom stereocenters.